The summed E-state index contributed by atoms with van der Waals surface area (Å²) < 4.78 is 0. The second-order valence-corrected chi connectivity index (χ2v) is 4.52. The monoisotopic (exact) mass is 256 g/mol. The second kappa shape index (κ2) is 15.6. The summed E-state index contributed by atoms with van der Waals surface area (Å²) >= 11 is 7.76. The molecule has 0 saturated carbocycles. The van der Waals surface area contributed by atoms with Gasteiger partial charge in [-0.1, -0.05) is 27.7 Å². The zero-order chi connectivity index (χ0) is 10.3. The van der Waals surface area contributed by atoms with Crippen LogP contribution < -0.4 is 69.3 Å². The largest absolute Gasteiger partial charge is 1.00 e. The molecule has 0 amide bonds. The molecule has 0 fully saturated rings. The molecule has 0 aromatic carbocycles. The predicted molar refractivity (Wildman–Crippen MR) is 55.8 cm³/mol. The maximum absolute atomic E-state index is 10.2. The van der Waals surface area contributed by atoms with E-state index in [2.05, 4.69) is 25.3 Å². The van der Waals surface area contributed by atoms with Gasteiger partial charge >= 0.3 is 59.1 Å². The zero-order valence-electron chi connectivity index (χ0n) is 10.0. The molecule has 0 bridgehead atoms. The summed E-state index contributed by atoms with van der Waals surface area (Å²) in [5.41, 5.74) is 0. The van der Waals surface area contributed by atoms with Crippen molar-refractivity contribution >= 4 is 25.3 Å². The predicted octanol–water partition coefficient (Wildman–Crippen LogP) is -5.88. The number of hydrogen-bond donors (Lipinski definition) is 2. The van der Waals surface area contributed by atoms with Gasteiger partial charge in [0.15, 0.2) is 0 Å². The molecule has 0 aromatic rings. The molecule has 0 heterocycles. The van der Waals surface area contributed by atoms with E-state index in [4.69, 9.17) is 0 Å². The normalized spacial score (nSPS) is 17.1. The minimum atomic E-state index is -0.534. The van der Waals surface area contributed by atoms with Gasteiger partial charge in [0, 0.05) is 0 Å². The molecule has 0 saturated heterocycles. The van der Waals surface area contributed by atoms with Crippen LogP contribution in [0.1, 0.15) is 27.7 Å². The van der Waals surface area contributed by atoms with Crippen LogP contribution in [-0.4, -0.2) is 22.7 Å². The van der Waals surface area contributed by atoms with Crippen LogP contribution in [0.2, 0.25) is 0 Å². The Kier molecular flexibility index (Phi) is 28.4. The van der Waals surface area contributed by atoms with E-state index in [1.165, 1.54) is 0 Å². The second-order valence-electron chi connectivity index (χ2n) is 2.89. The van der Waals surface area contributed by atoms with Crippen LogP contribution >= 0.6 is 25.3 Å². The van der Waals surface area contributed by atoms with Crippen molar-refractivity contribution in [3.05, 3.63) is 0 Å². The van der Waals surface area contributed by atoms with Crippen molar-refractivity contribution in [1.29, 1.82) is 0 Å². The van der Waals surface area contributed by atoms with Crippen LogP contribution in [0, 0.1) is 0 Å². The fourth-order valence-corrected chi connectivity index (χ4v) is 0. The van der Waals surface area contributed by atoms with Crippen LogP contribution in [0.25, 0.3) is 0 Å². The Morgan fingerprint density at radius 3 is 0.786 bits per heavy atom. The maximum Gasteiger partial charge on any atom is 1.00 e. The Morgan fingerprint density at radius 1 is 0.714 bits per heavy atom. The fourth-order valence-electron chi connectivity index (χ4n) is 0. The summed E-state index contributed by atoms with van der Waals surface area (Å²) in [6.07, 6.45) is -1.07. The molecule has 4 atom stereocenters. The van der Waals surface area contributed by atoms with E-state index in [1.54, 1.807) is 27.7 Å². The molecule has 4 unspecified atom stereocenters. The summed E-state index contributed by atoms with van der Waals surface area (Å²) in [6, 6.07) is 0. The summed E-state index contributed by atoms with van der Waals surface area (Å²) in [4.78, 5) is 0. The Morgan fingerprint density at radius 2 is 0.786 bits per heavy atom. The van der Waals surface area contributed by atoms with Crippen LogP contribution in [0.4, 0.5) is 0 Å². The van der Waals surface area contributed by atoms with E-state index < -0.39 is 12.2 Å². The third-order valence-electron chi connectivity index (χ3n) is 1.36. The Hall–Kier alpha value is 2.62. The number of thiol groups is 2. The molecule has 6 heteroatoms. The average molecular weight is 256 g/mol. The minimum Gasteiger partial charge on any atom is -0.851 e. The summed E-state index contributed by atoms with van der Waals surface area (Å²) in [7, 11) is 0. The topological polar surface area (TPSA) is 46.1 Å². The van der Waals surface area contributed by atoms with Crippen molar-refractivity contribution in [3.8, 4) is 0 Å². The summed E-state index contributed by atoms with van der Waals surface area (Å²) in [6.45, 7) is 6.80. The van der Waals surface area contributed by atoms with Crippen molar-refractivity contribution in [2.75, 3.05) is 0 Å². The first-order valence-electron chi connectivity index (χ1n) is 3.96. The smallest absolute Gasteiger partial charge is 0.851 e. The van der Waals surface area contributed by atoms with Crippen LogP contribution in [0.3, 0.4) is 0 Å². The Labute approximate surface area is 143 Å². The van der Waals surface area contributed by atoms with Crippen LogP contribution in [0.15, 0.2) is 0 Å². The molecule has 0 N–H and O–H groups in total. The van der Waals surface area contributed by atoms with E-state index in [0.717, 1.165) is 0 Å². The van der Waals surface area contributed by atoms with Gasteiger partial charge in [0.2, 0.25) is 0 Å². The molecule has 0 rings (SSSR count). The molecule has 2 nitrogen and oxygen atoms in total. The fraction of sp³-hybridized carbons (Fsp3) is 1.00. The van der Waals surface area contributed by atoms with E-state index in [9.17, 15) is 10.2 Å². The molecule has 0 aliphatic heterocycles. The molecule has 0 aromatic heterocycles. The van der Waals surface area contributed by atoms with Gasteiger partial charge in [-0.2, -0.15) is 25.3 Å². The van der Waals surface area contributed by atoms with Crippen molar-refractivity contribution < 1.29 is 69.3 Å². The van der Waals surface area contributed by atoms with Gasteiger partial charge in [-0.05, 0) is 10.5 Å². The third-order valence-corrected chi connectivity index (χ3v) is 2.20. The maximum atomic E-state index is 10.2. The molecule has 0 aliphatic carbocycles. The number of rotatable bonds is 2. The van der Waals surface area contributed by atoms with E-state index in [1.807, 2.05) is 0 Å². The first-order valence-corrected chi connectivity index (χ1v) is 5.00. The van der Waals surface area contributed by atoms with E-state index >= 15 is 0 Å². The molecular formula is C8H18Na2O2S2. The van der Waals surface area contributed by atoms with Gasteiger partial charge in [0.25, 0.3) is 0 Å². The molecular weight excluding hydrogens is 238 g/mol. The molecule has 76 valence electrons. The minimum absolute atomic E-state index is 0. The van der Waals surface area contributed by atoms with Crippen molar-refractivity contribution in [2.45, 2.75) is 50.4 Å². The van der Waals surface area contributed by atoms with Gasteiger partial charge < -0.3 is 10.2 Å². The van der Waals surface area contributed by atoms with Gasteiger partial charge in [-0.25, -0.2) is 0 Å². The Balaban J connectivity index is -0.0000000625. The summed E-state index contributed by atoms with van der Waals surface area (Å²) in [5.74, 6) is 0. The zero-order valence-corrected chi connectivity index (χ0v) is 15.8. The Bertz CT molecular complexity index is 77.3. The average Bonchev–Trinajstić information content (AvgIpc) is 1.88. The molecule has 14 heavy (non-hydrogen) atoms. The number of hydrogen-bond acceptors (Lipinski definition) is 4. The SMILES string of the molecule is CC([O-])C(C)S.CC([O-])C(C)S.[Na+].[Na+]. The van der Waals surface area contributed by atoms with Crippen molar-refractivity contribution in [1.82, 2.24) is 0 Å². The quantitative estimate of drug-likeness (QED) is 0.382. The van der Waals surface area contributed by atoms with Gasteiger partial charge in [-0.3, -0.25) is 0 Å². The van der Waals surface area contributed by atoms with Crippen LogP contribution in [-0.2, 0) is 0 Å². The van der Waals surface area contributed by atoms with E-state index in [-0.39, 0.29) is 69.6 Å². The van der Waals surface area contributed by atoms with E-state index in [0.29, 0.717) is 0 Å². The first-order chi connectivity index (χ1) is 5.29. The molecule has 0 aliphatic rings. The van der Waals surface area contributed by atoms with Gasteiger partial charge in [-0.15, -0.1) is 12.2 Å². The van der Waals surface area contributed by atoms with Crippen molar-refractivity contribution in [2.24, 2.45) is 0 Å². The standard InChI is InChI=1S/2C4H9OS.2Na/c2*1-3(5)4(2)6;;/h2*3-4,6H,1-2H3;;/q2*-1;2*+1. The first kappa shape index (κ1) is 25.5. The van der Waals surface area contributed by atoms with Crippen LogP contribution in [0.5, 0.6) is 0 Å². The van der Waals surface area contributed by atoms with Crippen molar-refractivity contribution in [3.63, 3.8) is 0 Å². The molecule has 0 radical (unpaired) electrons. The summed E-state index contributed by atoms with van der Waals surface area (Å²) in [5, 5.41) is 20.3. The van der Waals surface area contributed by atoms with Gasteiger partial charge in [0.05, 0.1) is 0 Å². The van der Waals surface area contributed by atoms with Gasteiger partial charge in [0.1, 0.15) is 0 Å². The molecule has 0 spiro atoms. The third kappa shape index (κ3) is 24.0.